The number of ether oxygens (including phenoxy) is 2. The van der Waals surface area contributed by atoms with Gasteiger partial charge in [-0.25, -0.2) is 0 Å². The molecule has 0 atom stereocenters. The Balaban J connectivity index is 1.96. The van der Waals surface area contributed by atoms with Gasteiger partial charge in [0, 0.05) is 24.1 Å². The molecule has 3 rings (SSSR count). The van der Waals surface area contributed by atoms with Crippen LogP contribution in [0.2, 0.25) is 0 Å². The van der Waals surface area contributed by atoms with Crippen LogP contribution in [0.25, 0.3) is 5.76 Å². The van der Waals surface area contributed by atoms with Gasteiger partial charge in [-0.15, -0.1) is 0 Å². The molecule has 1 aromatic carbocycles. The Kier molecular flexibility index (Phi) is 4.78. The number of amides is 1. The second-order valence-electron chi connectivity index (χ2n) is 8.76. The summed E-state index contributed by atoms with van der Waals surface area (Å²) in [5.74, 6) is 0.659. The lowest BCUT2D eigenvalue weighted by Gasteiger charge is -2.31. The van der Waals surface area contributed by atoms with Crippen molar-refractivity contribution in [1.82, 2.24) is 4.90 Å². The molecule has 0 saturated carbocycles. The highest BCUT2D eigenvalue weighted by Gasteiger charge is 2.41. The van der Waals surface area contributed by atoms with Crippen molar-refractivity contribution in [3.8, 4) is 5.75 Å². The van der Waals surface area contributed by atoms with Crippen LogP contribution >= 0.6 is 0 Å². The Labute approximate surface area is 155 Å². The first kappa shape index (κ1) is 18.8. The van der Waals surface area contributed by atoms with Gasteiger partial charge in [0.15, 0.2) is 0 Å². The van der Waals surface area contributed by atoms with Crippen LogP contribution in [0, 0.1) is 10.8 Å². The van der Waals surface area contributed by atoms with Crippen LogP contribution in [-0.4, -0.2) is 48.8 Å². The second kappa shape index (κ2) is 6.62. The largest absolute Gasteiger partial charge is 0.507 e. The lowest BCUT2D eigenvalue weighted by atomic mass is 9.71. The Morgan fingerprint density at radius 2 is 1.85 bits per heavy atom. The van der Waals surface area contributed by atoms with Crippen molar-refractivity contribution in [2.24, 2.45) is 10.8 Å². The lowest BCUT2D eigenvalue weighted by Crippen LogP contribution is -2.40. The molecule has 5 heteroatoms. The highest BCUT2D eigenvalue weighted by molar-refractivity contribution is 5.97. The van der Waals surface area contributed by atoms with Crippen molar-refractivity contribution in [3.05, 3.63) is 34.9 Å². The zero-order valence-corrected chi connectivity index (χ0v) is 16.4. The van der Waals surface area contributed by atoms with Gasteiger partial charge < -0.3 is 19.5 Å². The number of hydrogen-bond donors (Lipinski definition) is 1. The molecule has 0 radical (unpaired) electrons. The number of benzene rings is 1. The Bertz CT molecular complexity index is 737. The highest BCUT2D eigenvalue weighted by atomic mass is 16.5. The van der Waals surface area contributed by atoms with Gasteiger partial charge >= 0.3 is 0 Å². The topological polar surface area (TPSA) is 59.0 Å². The predicted octanol–water partition coefficient (Wildman–Crippen LogP) is 3.68. The summed E-state index contributed by atoms with van der Waals surface area (Å²) in [4.78, 5) is 14.4. The van der Waals surface area contributed by atoms with Crippen LogP contribution < -0.4 is 0 Å². The molecule has 1 fully saturated rings. The molecular weight excluding hydrogens is 330 g/mol. The van der Waals surface area contributed by atoms with Crippen LogP contribution in [0.1, 0.15) is 50.5 Å². The maximum Gasteiger partial charge on any atom is 0.257 e. The average Bonchev–Trinajstić information content (AvgIpc) is 2.90. The fourth-order valence-electron chi connectivity index (χ4n) is 4.08. The fraction of sp³-hybridized carbons (Fsp3) is 0.571. The van der Waals surface area contributed by atoms with Gasteiger partial charge in [0.05, 0.1) is 25.4 Å². The molecule has 1 amide bonds. The van der Waals surface area contributed by atoms with E-state index in [1.54, 1.807) is 17.0 Å². The SMILES string of the molecule is CC(C)(C)C1=C(c2ccc(C(=O)N3CCOCC3)c(O)c2)OCC1(C)C. The van der Waals surface area contributed by atoms with E-state index in [0.717, 1.165) is 11.3 Å². The summed E-state index contributed by atoms with van der Waals surface area (Å²) >= 11 is 0. The summed E-state index contributed by atoms with van der Waals surface area (Å²) in [6, 6.07) is 5.22. The summed E-state index contributed by atoms with van der Waals surface area (Å²) in [7, 11) is 0. The lowest BCUT2D eigenvalue weighted by molar-refractivity contribution is 0.0301. The second-order valence-corrected chi connectivity index (χ2v) is 8.76. The number of rotatable bonds is 2. The van der Waals surface area contributed by atoms with Gasteiger partial charge in [-0.1, -0.05) is 40.7 Å². The normalized spacial score (nSPS) is 20.3. The number of carbonyl (C=O) groups is 1. The Morgan fingerprint density at radius 1 is 1.19 bits per heavy atom. The quantitative estimate of drug-likeness (QED) is 0.875. The van der Waals surface area contributed by atoms with Crippen LogP contribution in [0.5, 0.6) is 5.75 Å². The molecule has 0 spiro atoms. The molecular formula is C21H29NO4. The third-order valence-electron chi connectivity index (χ3n) is 5.02. The molecule has 0 bridgehead atoms. The van der Waals surface area contributed by atoms with E-state index in [1.165, 1.54) is 5.57 Å². The summed E-state index contributed by atoms with van der Waals surface area (Å²) in [6.07, 6.45) is 0. The van der Waals surface area contributed by atoms with Crippen molar-refractivity contribution in [3.63, 3.8) is 0 Å². The van der Waals surface area contributed by atoms with Crippen molar-refractivity contribution in [2.45, 2.75) is 34.6 Å². The maximum atomic E-state index is 12.6. The number of aromatic hydroxyl groups is 1. The molecule has 1 saturated heterocycles. The number of phenolic OH excluding ortho intramolecular Hbond substituents is 1. The van der Waals surface area contributed by atoms with Gasteiger partial charge in [0.1, 0.15) is 11.5 Å². The minimum absolute atomic E-state index is 0.00643. The first-order chi connectivity index (χ1) is 12.1. The minimum Gasteiger partial charge on any atom is -0.507 e. The molecule has 26 heavy (non-hydrogen) atoms. The number of morpholine rings is 1. The average molecular weight is 359 g/mol. The smallest absolute Gasteiger partial charge is 0.257 e. The molecule has 2 heterocycles. The van der Waals surface area contributed by atoms with Gasteiger partial charge in [-0.3, -0.25) is 4.79 Å². The summed E-state index contributed by atoms with van der Waals surface area (Å²) in [5.41, 5.74) is 2.26. The summed E-state index contributed by atoms with van der Waals surface area (Å²) in [5, 5.41) is 10.5. The van der Waals surface area contributed by atoms with E-state index in [1.807, 2.05) is 6.07 Å². The number of nitrogens with zero attached hydrogens (tertiary/aromatic N) is 1. The molecule has 1 aromatic rings. The van der Waals surface area contributed by atoms with Crippen LogP contribution in [-0.2, 0) is 9.47 Å². The molecule has 2 aliphatic heterocycles. The molecule has 2 aliphatic rings. The molecule has 0 aromatic heterocycles. The monoisotopic (exact) mass is 359 g/mol. The van der Waals surface area contributed by atoms with E-state index in [4.69, 9.17) is 9.47 Å². The van der Waals surface area contributed by atoms with Gasteiger partial charge in [0.25, 0.3) is 5.91 Å². The van der Waals surface area contributed by atoms with Crippen LogP contribution in [0.3, 0.4) is 0 Å². The number of hydrogen-bond acceptors (Lipinski definition) is 4. The van der Waals surface area contributed by atoms with Crippen molar-refractivity contribution < 1.29 is 19.4 Å². The van der Waals surface area contributed by atoms with Crippen molar-refractivity contribution in [2.75, 3.05) is 32.9 Å². The Morgan fingerprint density at radius 3 is 2.42 bits per heavy atom. The predicted molar refractivity (Wildman–Crippen MR) is 101 cm³/mol. The fourth-order valence-corrected chi connectivity index (χ4v) is 4.08. The van der Waals surface area contributed by atoms with Gasteiger partial charge in [-0.05, 0) is 23.1 Å². The number of phenols is 1. The third-order valence-corrected chi connectivity index (χ3v) is 5.02. The first-order valence-corrected chi connectivity index (χ1v) is 9.20. The highest BCUT2D eigenvalue weighted by Crippen LogP contribution is 2.49. The van der Waals surface area contributed by atoms with Crippen molar-refractivity contribution >= 4 is 11.7 Å². The van der Waals surface area contributed by atoms with Gasteiger partial charge in [-0.2, -0.15) is 0 Å². The van der Waals surface area contributed by atoms with E-state index in [0.29, 0.717) is 38.5 Å². The molecule has 0 aliphatic carbocycles. The standard InChI is InChI=1S/C21H29NO4/c1-20(2,3)18-17(26-13-21(18,4)5)14-6-7-15(16(23)12-14)19(24)22-8-10-25-11-9-22/h6-7,12,23H,8-11,13H2,1-5H3. The Hall–Kier alpha value is -2.01. The molecule has 5 nitrogen and oxygen atoms in total. The maximum absolute atomic E-state index is 12.6. The van der Waals surface area contributed by atoms with Crippen LogP contribution in [0.15, 0.2) is 23.8 Å². The zero-order chi connectivity index (χ0) is 19.1. The van der Waals surface area contributed by atoms with E-state index in [9.17, 15) is 9.90 Å². The molecule has 0 unspecified atom stereocenters. The molecule has 1 N–H and O–H groups in total. The third kappa shape index (κ3) is 3.45. The van der Waals surface area contributed by atoms with E-state index in [-0.39, 0.29) is 22.5 Å². The first-order valence-electron chi connectivity index (χ1n) is 9.20. The minimum atomic E-state index is -0.157. The van der Waals surface area contributed by atoms with Crippen molar-refractivity contribution in [1.29, 1.82) is 0 Å². The van der Waals surface area contributed by atoms with E-state index >= 15 is 0 Å². The summed E-state index contributed by atoms with van der Waals surface area (Å²) < 4.78 is 11.3. The zero-order valence-electron chi connectivity index (χ0n) is 16.4. The number of carbonyl (C=O) groups excluding carboxylic acids is 1. The van der Waals surface area contributed by atoms with E-state index in [2.05, 4.69) is 34.6 Å². The van der Waals surface area contributed by atoms with Crippen LogP contribution in [0.4, 0.5) is 0 Å². The van der Waals surface area contributed by atoms with Gasteiger partial charge in [0.2, 0.25) is 0 Å². The van der Waals surface area contributed by atoms with E-state index < -0.39 is 0 Å². The molecule has 142 valence electrons. The summed E-state index contributed by atoms with van der Waals surface area (Å²) in [6.45, 7) is 13.7.